The van der Waals surface area contributed by atoms with Gasteiger partial charge in [0.15, 0.2) is 5.78 Å². The van der Waals surface area contributed by atoms with Crippen molar-refractivity contribution in [1.29, 1.82) is 0 Å². The van der Waals surface area contributed by atoms with Crippen LogP contribution >= 0.6 is 0 Å². The molecule has 0 radical (unpaired) electrons. The Morgan fingerprint density at radius 1 is 1.03 bits per heavy atom. The molecular formula is C22H23F3N2O2. The lowest BCUT2D eigenvalue weighted by atomic mass is 9.90. The maximum atomic E-state index is 12.8. The maximum absolute atomic E-state index is 12.8. The van der Waals surface area contributed by atoms with E-state index in [9.17, 15) is 22.8 Å². The van der Waals surface area contributed by atoms with Crippen LogP contribution in [0.2, 0.25) is 0 Å². The molecule has 2 amide bonds. The van der Waals surface area contributed by atoms with Gasteiger partial charge in [0.25, 0.3) is 0 Å². The van der Waals surface area contributed by atoms with Gasteiger partial charge in [-0.2, -0.15) is 13.2 Å². The van der Waals surface area contributed by atoms with Gasteiger partial charge >= 0.3 is 12.2 Å². The first-order valence-electron chi connectivity index (χ1n) is 9.50. The number of aryl methyl sites for hydroxylation is 2. The molecule has 4 nitrogen and oxygen atoms in total. The Balaban J connectivity index is 1.68. The maximum Gasteiger partial charge on any atom is 0.416 e. The zero-order chi connectivity index (χ0) is 21.2. The first-order chi connectivity index (χ1) is 13.7. The van der Waals surface area contributed by atoms with Crippen LogP contribution < -0.4 is 5.32 Å². The molecule has 1 atom stereocenters. The van der Waals surface area contributed by atoms with E-state index in [1.807, 2.05) is 32.0 Å². The van der Waals surface area contributed by atoms with Gasteiger partial charge in [-0.3, -0.25) is 4.79 Å². The Hall–Kier alpha value is -2.83. The molecule has 29 heavy (non-hydrogen) atoms. The Kier molecular flexibility index (Phi) is 5.96. The van der Waals surface area contributed by atoms with E-state index in [1.165, 1.54) is 12.1 Å². The van der Waals surface area contributed by atoms with Gasteiger partial charge in [0.2, 0.25) is 0 Å². The number of nitrogens with one attached hydrogen (secondary N) is 1. The minimum absolute atomic E-state index is 0.233. The predicted molar refractivity (Wildman–Crippen MR) is 105 cm³/mol. The van der Waals surface area contributed by atoms with Gasteiger partial charge in [0, 0.05) is 30.3 Å². The second-order valence-electron chi connectivity index (χ2n) is 7.42. The number of likely N-dealkylation sites (tertiary alicyclic amines) is 1. The fraction of sp³-hybridized carbons (Fsp3) is 0.364. The molecule has 3 rings (SSSR count). The molecule has 2 aromatic rings. The largest absolute Gasteiger partial charge is 0.416 e. The fourth-order valence-corrected chi connectivity index (χ4v) is 3.63. The molecule has 0 bridgehead atoms. The average Bonchev–Trinajstić information content (AvgIpc) is 2.69. The number of ketones is 1. The third-order valence-corrected chi connectivity index (χ3v) is 5.29. The number of rotatable bonds is 3. The summed E-state index contributed by atoms with van der Waals surface area (Å²) in [6, 6.07) is 9.73. The highest BCUT2D eigenvalue weighted by atomic mass is 19.4. The number of para-hydroxylation sites is 1. The Labute approximate surface area is 167 Å². The predicted octanol–water partition coefficient (Wildman–Crippen LogP) is 5.45. The lowest BCUT2D eigenvalue weighted by Gasteiger charge is -2.32. The number of anilines is 1. The van der Waals surface area contributed by atoms with Gasteiger partial charge in [-0.25, -0.2) is 4.79 Å². The van der Waals surface area contributed by atoms with E-state index in [0.29, 0.717) is 19.4 Å². The standard InChI is InChI=1S/C22H23F3N2O2/c1-14-5-3-6-15(2)19(14)26-21(29)27-12-4-7-17(13-27)20(28)16-8-10-18(11-9-16)22(23,24)25/h3,5-6,8-11,17H,4,7,12-13H2,1-2H3,(H,26,29)/t17-/m1/s1. The van der Waals surface area contributed by atoms with Crippen LogP contribution in [0, 0.1) is 19.8 Å². The van der Waals surface area contributed by atoms with Crippen molar-refractivity contribution in [2.45, 2.75) is 32.9 Å². The van der Waals surface area contributed by atoms with Crippen molar-refractivity contribution in [1.82, 2.24) is 4.90 Å². The number of alkyl halides is 3. The molecule has 0 unspecified atom stereocenters. The van der Waals surface area contributed by atoms with Crippen molar-refractivity contribution in [2.24, 2.45) is 5.92 Å². The van der Waals surface area contributed by atoms with Crippen molar-refractivity contribution in [3.8, 4) is 0 Å². The Morgan fingerprint density at radius 2 is 1.66 bits per heavy atom. The third-order valence-electron chi connectivity index (χ3n) is 5.29. The van der Waals surface area contributed by atoms with Crippen molar-refractivity contribution in [3.05, 3.63) is 64.7 Å². The summed E-state index contributed by atoms with van der Waals surface area (Å²) in [4.78, 5) is 27.1. The van der Waals surface area contributed by atoms with Gasteiger partial charge in [-0.1, -0.05) is 30.3 Å². The molecule has 0 spiro atoms. The van der Waals surface area contributed by atoms with E-state index in [2.05, 4.69) is 5.32 Å². The van der Waals surface area contributed by atoms with E-state index in [1.54, 1.807) is 4.90 Å². The van der Waals surface area contributed by atoms with Crippen molar-refractivity contribution < 1.29 is 22.8 Å². The van der Waals surface area contributed by atoms with Crippen LogP contribution in [-0.2, 0) is 6.18 Å². The number of carbonyl (C=O) groups excluding carboxylic acids is 2. The highest BCUT2D eigenvalue weighted by Crippen LogP contribution is 2.30. The van der Waals surface area contributed by atoms with Gasteiger partial charge < -0.3 is 10.2 Å². The number of urea groups is 1. The average molecular weight is 404 g/mol. The van der Waals surface area contributed by atoms with Gasteiger partial charge in [0.05, 0.1) is 5.56 Å². The van der Waals surface area contributed by atoms with Gasteiger partial charge in [0.1, 0.15) is 0 Å². The van der Waals surface area contributed by atoms with Crippen LogP contribution in [0.1, 0.15) is 39.9 Å². The molecule has 0 saturated carbocycles. The third kappa shape index (κ3) is 4.78. The van der Waals surface area contributed by atoms with Crippen molar-refractivity contribution >= 4 is 17.5 Å². The molecule has 2 aromatic carbocycles. The van der Waals surface area contributed by atoms with E-state index in [4.69, 9.17) is 0 Å². The summed E-state index contributed by atoms with van der Waals surface area (Å²) in [7, 11) is 0. The molecule has 0 aliphatic carbocycles. The smallest absolute Gasteiger partial charge is 0.324 e. The number of nitrogens with zero attached hydrogens (tertiary/aromatic N) is 1. The first-order valence-corrected chi connectivity index (χ1v) is 9.50. The SMILES string of the molecule is Cc1cccc(C)c1NC(=O)N1CCC[C@@H](C(=O)c2ccc(C(F)(F)F)cc2)C1. The topological polar surface area (TPSA) is 49.4 Å². The van der Waals surface area contributed by atoms with Crippen LogP contribution in [0.5, 0.6) is 0 Å². The summed E-state index contributed by atoms with van der Waals surface area (Å²) in [6.45, 7) is 4.61. The molecule has 1 fully saturated rings. The second-order valence-corrected chi connectivity index (χ2v) is 7.42. The number of carbonyl (C=O) groups is 2. The molecular weight excluding hydrogens is 381 g/mol. The van der Waals surface area contributed by atoms with Crippen LogP contribution in [0.15, 0.2) is 42.5 Å². The summed E-state index contributed by atoms with van der Waals surface area (Å²) in [5.74, 6) is -0.660. The quantitative estimate of drug-likeness (QED) is 0.692. The Morgan fingerprint density at radius 3 is 2.24 bits per heavy atom. The first kappa shape index (κ1) is 20.9. The number of benzene rings is 2. The summed E-state index contributed by atoms with van der Waals surface area (Å²) in [5.41, 5.74) is 2.11. The van der Waals surface area contributed by atoms with Crippen molar-refractivity contribution in [2.75, 3.05) is 18.4 Å². The summed E-state index contributed by atoms with van der Waals surface area (Å²) in [5, 5.41) is 2.92. The van der Waals surface area contributed by atoms with Crippen LogP contribution in [0.3, 0.4) is 0 Å². The zero-order valence-corrected chi connectivity index (χ0v) is 16.3. The number of Topliss-reactive ketones (excluding diaryl/α,β-unsaturated/α-hetero) is 1. The highest BCUT2D eigenvalue weighted by molar-refractivity contribution is 5.99. The fourth-order valence-electron chi connectivity index (χ4n) is 3.63. The summed E-state index contributed by atoms with van der Waals surface area (Å²) < 4.78 is 38.1. The van der Waals surface area contributed by atoms with Crippen LogP contribution in [0.4, 0.5) is 23.7 Å². The van der Waals surface area contributed by atoms with Gasteiger partial charge in [-0.05, 0) is 49.9 Å². The highest BCUT2D eigenvalue weighted by Gasteiger charge is 2.32. The number of halogens is 3. The van der Waals surface area contributed by atoms with E-state index in [0.717, 1.165) is 28.9 Å². The lowest BCUT2D eigenvalue weighted by molar-refractivity contribution is -0.137. The summed E-state index contributed by atoms with van der Waals surface area (Å²) in [6.07, 6.45) is -3.17. The molecule has 7 heteroatoms. The minimum Gasteiger partial charge on any atom is -0.324 e. The van der Waals surface area contributed by atoms with E-state index in [-0.39, 0.29) is 23.9 Å². The minimum atomic E-state index is -4.44. The Bertz CT molecular complexity index is 887. The number of hydrogen-bond donors (Lipinski definition) is 1. The zero-order valence-electron chi connectivity index (χ0n) is 16.3. The second kappa shape index (κ2) is 8.27. The van der Waals surface area contributed by atoms with Crippen molar-refractivity contribution in [3.63, 3.8) is 0 Å². The number of amides is 2. The molecule has 1 aliphatic heterocycles. The normalized spacial score (nSPS) is 17.1. The molecule has 1 heterocycles. The lowest BCUT2D eigenvalue weighted by Crippen LogP contribution is -2.44. The monoisotopic (exact) mass is 404 g/mol. The number of piperidine rings is 1. The number of hydrogen-bond acceptors (Lipinski definition) is 2. The van der Waals surface area contributed by atoms with Gasteiger partial charge in [-0.15, -0.1) is 0 Å². The van der Waals surface area contributed by atoms with E-state index >= 15 is 0 Å². The molecule has 0 aromatic heterocycles. The summed E-state index contributed by atoms with van der Waals surface area (Å²) >= 11 is 0. The molecule has 154 valence electrons. The molecule has 1 saturated heterocycles. The molecule has 1 aliphatic rings. The van der Waals surface area contributed by atoms with Crippen LogP contribution in [0.25, 0.3) is 0 Å². The van der Waals surface area contributed by atoms with Crippen LogP contribution in [-0.4, -0.2) is 29.8 Å². The molecule has 1 N–H and O–H groups in total. The van der Waals surface area contributed by atoms with E-state index < -0.39 is 17.7 Å².